The number of carbonyl (C=O) groups excluding carboxylic acids is 1. The number of halogens is 2. The Morgan fingerprint density at radius 1 is 1.21 bits per heavy atom. The quantitative estimate of drug-likeness (QED) is 0.907. The second-order valence-electron chi connectivity index (χ2n) is 6.62. The van der Waals surface area contributed by atoms with E-state index < -0.39 is 23.8 Å². The summed E-state index contributed by atoms with van der Waals surface area (Å²) in [7, 11) is 0. The van der Waals surface area contributed by atoms with E-state index in [2.05, 4.69) is 4.98 Å². The second kappa shape index (κ2) is 5.70. The molecule has 0 radical (unpaired) electrons. The van der Waals surface area contributed by atoms with Gasteiger partial charge in [-0.25, -0.2) is 8.78 Å². The van der Waals surface area contributed by atoms with Crippen molar-refractivity contribution >= 4 is 5.91 Å². The van der Waals surface area contributed by atoms with E-state index in [0.717, 1.165) is 30.7 Å². The molecule has 1 saturated heterocycles. The molecular formula is C18H18F2N2O2. The van der Waals surface area contributed by atoms with Crippen molar-refractivity contribution < 1.29 is 18.7 Å². The Balaban J connectivity index is 1.65. The van der Waals surface area contributed by atoms with E-state index in [1.807, 2.05) is 0 Å². The van der Waals surface area contributed by atoms with Crippen LogP contribution in [-0.2, 0) is 0 Å². The first-order valence-corrected chi connectivity index (χ1v) is 8.16. The summed E-state index contributed by atoms with van der Waals surface area (Å²) in [6.45, 7) is 0.192. The lowest BCUT2D eigenvalue weighted by molar-refractivity contribution is 0.0714. The predicted molar refractivity (Wildman–Crippen MR) is 83.5 cm³/mol. The molecule has 24 heavy (non-hydrogen) atoms. The molecule has 6 heteroatoms. The van der Waals surface area contributed by atoms with Gasteiger partial charge >= 0.3 is 0 Å². The molecule has 0 bridgehead atoms. The number of amides is 1. The predicted octanol–water partition coefficient (Wildman–Crippen LogP) is 3.12. The molecule has 126 valence electrons. The lowest BCUT2D eigenvalue weighted by Crippen LogP contribution is -2.32. The van der Waals surface area contributed by atoms with Crippen LogP contribution in [0, 0.1) is 11.6 Å². The maximum atomic E-state index is 13.6. The molecular weight excluding hydrogens is 314 g/mol. The first-order chi connectivity index (χ1) is 11.5. The molecule has 2 fully saturated rings. The van der Waals surface area contributed by atoms with Gasteiger partial charge in [0.2, 0.25) is 0 Å². The number of aromatic amines is 1. The standard InChI is InChI=1S/C18H18F2N2O2/c19-14-4-3-11(7-15(14)20)16-8-12(23)9-22(16)18(24)13-5-6-21-17(13)10-1-2-10/h3-7,10,12,16,21,23H,1-2,8-9H2/t12-,16-/m1/s1. The molecule has 1 aromatic heterocycles. The summed E-state index contributed by atoms with van der Waals surface area (Å²) in [6.07, 6.45) is 3.53. The summed E-state index contributed by atoms with van der Waals surface area (Å²) in [5.74, 6) is -1.64. The fourth-order valence-electron chi connectivity index (χ4n) is 3.51. The molecule has 2 heterocycles. The summed E-state index contributed by atoms with van der Waals surface area (Å²) in [5, 5.41) is 10.0. The average molecular weight is 332 g/mol. The van der Waals surface area contributed by atoms with Gasteiger partial charge in [-0.2, -0.15) is 0 Å². The summed E-state index contributed by atoms with van der Waals surface area (Å²) >= 11 is 0. The molecule has 2 aromatic rings. The van der Waals surface area contributed by atoms with Gasteiger partial charge in [0.05, 0.1) is 17.7 Å². The summed E-state index contributed by atoms with van der Waals surface area (Å²) in [4.78, 5) is 17.7. The van der Waals surface area contributed by atoms with Crippen LogP contribution in [0.25, 0.3) is 0 Å². The second-order valence-corrected chi connectivity index (χ2v) is 6.62. The number of carbonyl (C=O) groups is 1. The van der Waals surface area contributed by atoms with Crippen LogP contribution in [0.2, 0.25) is 0 Å². The van der Waals surface area contributed by atoms with Gasteiger partial charge < -0.3 is 15.0 Å². The Morgan fingerprint density at radius 2 is 2.00 bits per heavy atom. The van der Waals surface area contributed by atoms with Gasteiger partial charge in [-0.05, 0) is 48.9 Å². The van der Waals surface area contributed by atoms with E-state index in [1.54, 1.807) is 17.2 Å². The summed E-state index contributed by atoms with van der Waals surface area (Å²) in [5.41, 5.74) is 2.05. The van der Waals surface area contributed by atoms with Crippen molar-refractivity contribution in [3.05, 3.63) is 58.9 Å². The van der Waals surface area contributed by atoms with E-state index >= 15 is 0 Å². The number of nitrogens with one attached hydrogen (secondary N) is 1. The molecule has 0 spiro atoms. The Morgan fingerprint density at radius 3 is 2.71 bits per heavy atom. The third-order valence-electron chi connectivity index (χ3n) is 4.86. The number of benzene rings is 1. The van der Waals surface area contributed by atoms with E-state index in [9.17, 15) is 18.7 Å². The minimum absolute atomic E-state index is 0.176. The molecule has 2 atom stereocenters. The molecule has 1 aliphatic heterocycles. The van der Waals surface area contributed by atoms with E-state index in [1.165, 1.54) is 6.07 Å². The highest BCUT2D eigenvalue weighted by Crippen LogP contribution is 2.42. The molecule has 2 aliphatic rings. The fourth-order valence-corrected chi connectivity index (χ4v) is 3.51. The highest BCUT2D eigenvalue weighted by atomic mass is 19.2. The molecule has 1 aliphatic carbocycles. The molecule has 2 N–H and O–H groups in total. The Kier molecular flexibility index (Phi) is 3.64. The number of aliphatic hydroxyl groups is 1. The first-order valence-electron chi connectivity index (χ1n) is 8.16. The lowest BCUT2D eigenvalue weighted by Gasteiger charge is -2.25. The van der Waals surface area contributed by atoms with E-state index in [4.69, 9.17) is 0 Å². The topological polar surface area (TPSA) is 56.3 Å². The van der Waals surface area contributed by atoms with Gasteiger partial charge in [0.15, 0.2) is 11.6 Å². The monoisotopic (exact) mass is 332 g/mol. The number of aromatic nitrogens is 1. The first kappa shape index (κ1) is 15.3. The number of hydrogen-bond acceptors (Lipinski definition) is 2. The number of β-amino-alcohol motifs (C(OH)–C–C–N with tert-alkyl or cyclic N) is 1. The Labute approximate surface area is 138 Å². The van der Waals surface area contributed by atoms with Gasteiger partial charge in [-0.15, -0.1) is 0 Å². The highest BCUT2D eigenvalue weighted by Gasteiger charge is 2.38. The minimum atomic E-state index is -0.943. The Hall–Kier alpha value is -2.21. The molecule has 1 aromatic carbocycles. The Bertz CT molecular complexity index is 785. The van der Waals surface area contributed by atoms with Gasteiger partial charge in [0.25, 0.3) is 5.91 Å². The third-order valence-corrected chi connectivity index (χ3v) is 4.86. The van der Waals surface area contributed by atoms with Gasteiger partial charge in [0.1, 0.15) is 0 Å². The smallest absolute Gasteiger partial charge is 0.256 e. The normalized spacial score (nSPS) is 23.7. The SMILES string of the molecule is O=C(c1cc[nH]c1C1CC1)N1C[C@H](O)C[C@@H]1c1ccc(F)c(F)c1. The van der Waals surface area contributed by atoms with Gasteiger partial charge in [-0.1, -0.05) is 6.07 Å². The van der Waals surface area contributed by atoms with Crippen molar-refractivity contribution in [1.29, 1.82) is 0 Å². The number of H-pyrrole nitrogens is 1. The van der Waals surface area contributed by atoms with Crippen LogP contribution in [0.1, 0.15) is 52.8 Å². The maximum absolute atomic E-state index is 13.6. The van der Waals surface area contributed by atoms with Crippen molar-refractivity contribution in [2.75, 3.05) is 6.54 Å². The van der Waals surface area contributed by atoms with Crippen molar-refractivity contribution in [3.63, 3.8) is 0 Å². The van der Waals surface area contributed by atoms with Crippen LogP contribution in [0.3, 0.4) is 0 Å². The number of aliphatic hydroxyl groups excluding tert-OH is 1. The molecule has 4 nitrogen and oxygen atoms in total. The van der Waals surface area contributed by atoms with Crippen LogP contribution in [-0.4, -0.2) is 33.5 Å². The molecule has 1 saturated carbocycles. The number of nitrogens with zero attached hydrogens (tertiary/aromatic N) is 1. The van der Waals surface area contributed by atoms with Crippen LogP contribution in [0.4, 0.5) is 8.78 Å². The van der Waals surface area contributed by atoms with Crippen molar-refractivity contribution in [3.8, 4) is 0 Å². The zero-order valence-electron chi connectivity index (χ0n) is 13.0. The van der Waals surface area contributed by atoms with Gasteiger partial charge in [-0.3, -0.25) is 4.79 Å². The number of hydrogen-bond donors (Lipinski definition) is 2. The van der Waals surface area contributed by atoms with Crippen LogP contribution in [0.5, 0.6) is 0 Å². The summed E-state index contributed by atoms with van der Waals surface area (Å²) < 4.78 is 26.7. The van der Waals surface area contributed by atoms with Crippen LogP contribution in [0.15, 0.2) is 30.5 Å². The summed E-state index contributed by atoms with van der Waals surface area (Å²) in [6, 6.07) is 4.94. The molecule has 0 unspecified atom stereocenters. The molecule has 4 rings (SSSR count). The largest absolute Gasteiger partial charge is 0.391 e. The average Bonchev–Trinajstić information content (AvgIpc) is 3.15. The zero-order valence-corrected chi connectivity index (χ0v) is 13.0. The highest BCUT2D eigenvalue weighted by molar-refractivity contribution is 5.96. The van der Waals surface area contributed by atoms with E-state index in [-0.39, 0.29) is 12.5 Å². The fraction of sp³-hybridized carbons (Fsp3) is 0.389. The van der Waals surface area contributed by atoms with Crippen molar-refractivity contribution in [1.82, 2.24) is 9.88 Å². The lowest BCUT2D eigenvalue weighted by atomic mass is 10.0. The van der Waals surface area contributed by atoms with Crippen LogP contribution >= 0.6 is 0 Å². The molecule has 1 amide bonds. The van der Waals surface area contributed by atoms with Gasteiger partial charge in [0, 0.05) is 18.4 Å². The number of likely N-dealkylation sites (tertiary alicyclic amines) is 1. The third kappa shape index (κ3) is 2.60. The number of rotatable bonds is 3. The van der Waals surface area contributed by atoms with Crippen LogP contribution < -0.4 is 0 Å². The maximum Gasteiger partial charge on any atom is 0.256 e. The zero-order chi connectivity index (χ0) is 16.8. The minimum Gasteiger partial charge on any atom is -0.391 e. The van der Waals surface area contributed by atoms with E-state index in [0.29, 0.717) is 23.5 Å². The van der Waals surface area contributed by atoms with Crippen molar-refractivity contribution in [2.24, 2.45) is 0 Å². The van der Waals surface area contributed by atoms with Crippen molar-refractivity contribution in [2.45, 2.75) is 37.3 Å².